The summed E-state index contributed by atoms with van der Waals surface area (Å²) in [6, 6.07) is 71.7. The minimum absolute atomic E-state index is 0.546. The second-order valence-corrected chi connectivity index (χ2v) is 17.5. The number of furan rings is 3. The van der Waals surface area contributed by atoms with Crippen molar-refractivity contribution in [1.82, 2.24) is 19.5 Å². The lowest BCUT2D eigenvalue weighted by molar-refractivity contribution is 0.668. The van der Waals surface area contributed by atoms with Crippen LogP contribution >= 0.6 is 0 Å². The van der Waals surface area contributed by atoms with Gasteiger partial charge >= 0.3 is 0 Å². The van der Waals surface area contributed by atoms with Crippen LogP contribution in [0.3, 0.4) is 0 Å². The van der Waals surface area contributed by atoms with Crippen LogP contribution < -0.4 is 0 Å². The van der Waals surface area contributed by atoms with Gasteiger partial charge < -0.3 is 17.8 Å². The Kier molecular flexibility index (Phi) is 7.65. The number of benzene rings is 10. The van der Waals surface area contributed by atoms with E-state index in [1.54, 1.807) is 0 Å². The van der Waals surface area contributed by atoms with Gasteiger partial charge in [-0.15, -0.1) is 0 Å². The molecule has 68 heavy (non-hydrogen) atoms. The SMILES string of the molecule is c1ccc2cc3c(cc2c1)c1ccccc1n3-c1ccc(-c2nc(-c3ccc4oc5ccccc5c4c3)nc(-c3ccc4oc5ccccc5c4c3)n2)cc1-c1cccc2oc3ccccc3c12. The number of hydrogen-bond acceptors (Lipinski definition) is 6. The Balaban J connectivity index is 1.01. The third-order valence-electron chi connectivity index (χ3n) is 13.6. The van der Waals surface area contributed by atoms with Crippen molar-refractivity contribution in [3.63, 3.8) is 0 Å². The van der Waals surface area contributed by atoms with Gasteiger partial charge in [0.25, 0.3) is 0 Å². The molecule has 0 saturated heterocycles. The van der Waals surface area contributed by atoms with Gasteiger partial charge in [0.15, 0.2) is 17.5 Å². The standard InChI is InChI=1S/C61H34N4O3/c1-2-13-36-34-51-45(30-35(36)12-1)40-14-3-7-19-49(40)65(51)50-27-24-37(31-46(50)43-18-11-23-57-58(43)44-17-6-10-22-54(44)68-57)59-62-60(38-25-28-55-47(32-38)41-15-4-8-20-52(41)66-55)64-61(63-59)39-26-29-56-48(33-39)42-16-5-9-21-53(42)67-56/h1-34H. The first-order chi connectivity index (χ1) is 33.7. The Morgan fingerprint density at radius 1 is 0.294 bits per heavy atom. The van der Waals surface area contributed by atoms with Crippen LogP contribution in [-0.4, -0.2) is 19.5 Å². The highest BCUT2D eigenvalue weighted by Crippen LogP contribution is 2.44. The molecule has 316 valence electrons. The third kappa shape index (κ3) is 5.50. The summed E-state index contributed by atoms with van der Waals surface area (Å²) < 4.78 is 21.4. The minimum atomic E-state index is 0.546. The van der Waals surface area contributed by atoms with Crippen LogP contribution in [0, 0.1) is 0 Å². The zero-order valence-corrected chi connectivity index (χ0v) is 36.1. The van der Waals surface area contributed by atoms with Crippen molar-refractivity contribution in [1.29, 1.82) is 0 Å². The maximum atomic E-state index is 6.53. The van der Waals surface area contributed by atoms with Crippen LogP contribution in [0.5, 0.6) is 0 Å². The molecular weight excluding hydrogens is 837 g/mol. The monoisotopic (exact) mass is 870 g/mol. The fraction of sp³-hybridized carbons (Fsp3) is 0. The fourth-order valence-corrected chi connectivity index (χ4v) is 10.5. The van der Waals surface area contributed by atoms with Gasteiger partial charge in [0.2, 0.25) is 0 Å². The number of nitrogens with zero attached hydrogens (tertiary/aromatic N) is 4. The molecule has 0 atom stereocenters. The van der Waals surface area contributed by atoms with Crippen molar-refractivity contribution >= 4 is 98.4 Å². The quantitative estimate of drug-likeness (QED) is 0.171. The highest BCUT2D eigenvalue weighted by atomic mass is 16.3. The van der Waals surface area contributed by atoms with Crippen LogP contribution in [0.2, 0.25) is 0 Å². The third-order valence-corrected chi connectivity index (χ3v) is 13.6. The van der Waals surface area contributed by atoms with Gasteiger partial charge in [-0.2, -0.15) is 0 Å². The predicted octanol–water partition coefficient (Wildman–Crippen LogP) is 16.5. The lowest BCUT2D eigenvalue weighted by Crippen LogP contribution is -2.02. The molecule has 7 nitrogen and oxygen atoms in total. The molecule has 15 aromatic rings. The van der Waals surface area contributed by atoms with Crippen molar-refractivity contribution in [3.8, 4) is 51.0 Å². The van der Waals surface area contributed by atoms with Gasteiger partial charge in [0.1, 0.15) is 33.5 Å². The molecule has 0 aliphatic rings. The predicted molar refractivity (Wildman–Crippen MR) is 275 cm³/mol. The molecule has 0 saturated carbocycles. The fourth-order valence-electron chi connectivity index (χ4n) is 10.5. The van der Waals surface area contributed by atoms with Gasteiger partial charge in [0.05, 0.1) is 16.7 Å². The number of para-hydroxylation sites is 4. The zero-order valence-electron chi connectivity index (χ0n) is 36.1. The first kappa shape index (κ1) is 36.9. The summed E-state index contributed by atoms with van der Waals surface area (Å²) in [5.41, 5.74) is 12.8. The zero-order chi connectivity index (χ0) is 44.5. The van der Waals surface area contributed by atoms with Gasteiger partial charge in [-0.3, -0.25) is 0 Å². The van der Waals surface area contributed by atoms with E-state index in [1.165, 1.54) is 21.5 Å². The van der Waals surface area contributed by atoms with Crippen LogP contribution in [0.4, 0.5) is 0 Å². The summed E-state index contributed by atoms with van der Waals surface area (Å²) in [5, 5.41) is 10.9. The minimum Gasteiger partial charge on any atom is -0.456 e. The number of fused-ring (bicyclic) bond motifs is 13. The second kappa shape index (κ2) is 14.1. The molecule has 0 aliphatic heterocycles. The van der Waals surface area contributed by atoms with E-state index in [0.717, 1.165) is 110 Å². The van der Waals surface area contributed by atoms with E-state index in [-0.39, 0.29) is 0 Å². The molecule has 0 aliphatic carbocycles. The van der Waals surface area contributed by atoms with Gasteiger partial charge in [0, 0.05) is 65.3 Å². The van der Waals surface area contributed by atoms with E-state index in [4.69, 9.17) is 28.2 Å². The molecule has 0 fully saturated rings. The van der Waals surface area contributed by atoms with E-state index < -0.39 is 0 Å². The Morgan fingerprint density at radius 2 is 0.779 bits per heavy atom. The molecule has 10 aromatic carbocycles. The Hall–Kier alpha value is -9.33. The molecule has 0 unspecified atom stereocenters. The Morgan fingerprint density at radius 3 is 1.44 bits per heavy atom. The molecule has 0 bridgehead atoms. The summed E-state index contributed by atoms with van der Waals surface area (Å²) in [6.07, 6.45) is 0. The second-order valence-electron chi connectivity index (χ2n) is 17.5. The van der Waals surface area contributed by atoms with Crippen LogP contribution in [-0.2, 0) is 0 Å². The first-order valence-electron chi connectivity index (χ1n) is 22.7. The van der Waals surface area contributed by atoms with Crippen molar-refractivity contribution in [3.05, 3.63) is 206 Å². The average Bonchev–Trinajstić information content (AvgIpc) is 4.16. The van der Waals surface area contributed by atoms with E-state index in [0.29, 0.717) is 17.5 Å². The lowest BCUT2D eigenvalue weighted by Gasteiger charge is -2.17. The van der Waals surface area contributed by atoms with Gasteiger partial charge in [-0.25, -0.2) is 15.0 Å². The normalized spacial score (nSPS) is 12.1. The molecule has 0 spiro atoms. The van der Waals surface area contributed by atoms with Crippen molar-refractivity contribution in [2.45, 2.75) is 0 Å². The molecular formula is C61H34N4O3. The molecule has 5 aromatic heterocycles. The van der Waals surface area contributed by atoms with Crippen LogP contribution in [0.25, 0.3) is 149 Å². The molecule has 0 N–H and O–H groups in total. The van der Waals surface area contributed by atoms with Crippen LogP contribution in [0.1, 0.15) is 0 Å². The summed E-state index contributed by atoms with van der Waals surface area (Å²) in [6.45, 7) is 0. The van der Waals surface area contributed by atoms with Gasteiger partial charge in [-0.05, 0) is 113 Å². The number of aromatic nitrogens is 4. The largest absolute Gasteiger partial charge is 0.456 e. The summed E-state index contributed by atoms with van der Waals surface area (Å²) in [7, 11) is 0. The van der Waals surface area contributed by atoms with E-state index >= 15 is 0 Å². The van der Waals surface area contributed by atoms with E-state index in [2.05, 4.69) is 138 Å². The maximum absolute atomic E-state index is 6.53. The van der Waals surface area contributed by atoms with Crippen molar-refractivity contribution in [2.75, 3.05) is 0 Å². The maximum Gasteiger partial charge on any atom is 0.164 e. The summed E-state index contributed by atoms with van der Waals surface area (Å²) in [5.74, 6) is 1.65. The highest BCUT2D eigenvalue weighted by Gasteiger charge is 2.23. The molecule has 5 heterocycles. The number of rotatable bonds is 5. The number of hydrogen-bond donors (Lipinski definition) is 0. The lowest BCUT2D eigenvalue weighted by atomic mass is 9.95. The average molecular weight is 871 g/mol. The summed E-state index contributed by atoms with van der Waals surface area (Å²) in [4.78, 5) is 15.9. The Labute approximate surface area is 386 Å². The van der Waals surface area contributed by atoms with Crippen LogP contribution in [0.15, 0.2) is 220 Å². The topological polar surface area (TPSA) is 83.0 Å². The molecule has 15 rings (SSSR count). The molecule has 0 radical (unpaired) electrons. The van der Waals surface area contributed by atoms with Crippen molar-refractivity contribution < 1.29 is 13.3 Å². The first-order valence-corrected chi connectivity index (χ1v) is 22.7. The summed E-state index contributed by atoms with van der Waals surface area (Å²) >= 11 is 0. The van der Waals surface area contributed by atoms with Crippen molar-refractivity contribution in [2.24, 2.45) is 0 Å². The molecule has 7 heteroatoms. The molecule has 0 amide bonds. The Bertz CT molecular complexity index is 4460. The van der Waals surface area contributed by atoms with Gasteiger partial charge in [-0.1, -0.05) is 109 Å². The van der Waals surface area contributed by atoms with E-state index in [9.17, 15) is 0 Å². The smallest absolute Gasteiger partial charge is 0.164 e. The highest BCUT2D eigenvalue weighted by molar-refractivity contribution is 6.16. The van der Waals surface area contributed by atoms with E-state index in [1.807, 2.05) is 72.8 Å².